The van der Waals surface area contributed by atoms with Crippen LogP contribution < -0.4 is 5.73 Å². The minimum atomic E-state index is 0.755. The molecular weight excluding hydrogens is 174 g/mol. The Bertz CT molecular complexity index is 273. The van der Waals surface area contributed by atoms with Gasteiger partial charge in [0.05, 0.1) is 5.69 Å². The summed E-state index contributed by atoms with van der Waals surface area (Å²) < 4.78 is 0. The van der Waals surface area contributed by atoms with Crippen LogP contribution in [0.25, 0.3) is 0 Å². The van der Waals surface area contributed by atoms with Gasteiger partial charge in [-0.3, -0.25) is 4.98 Å². The van der Waals surface area contributed by atoms with Crippen LogP contribution in [0, 0.1) is 6.92 Å². The van der Waals surface area contributed by atoms with Crippen LogP contribution in [0.5, 0.6) is 0 Å². The van der Waals surface area contributed by atoms with Crippen molar-refractivity contribution in [1.29, 1.82) is 0 Å². The van der Waals surface area contributed by atoms with E-state index < -0.39 is 0 Å². The number of rotatable bonds is 5. The molecule has 78 valence electrons. The van der Waals surface area contributed by atoms with Crippen LogP contribution in [0.15, 0.2) is 18.3 Å². The molecule has 0 aliphatic rings. The lowest BCUT2D eigenvalue weighted by atomic mass is 10.2. The standard InChI is InChI=1S/C11H19N3/c1-10-5-3-7-13-11(10)9-14(2)8-4-6-12/h3,5,7H,4,6,8-9,12H2,1-2H3. The summed E-state index contributed by atoms with van der Waals surface area (Å²) in [7, 11) is 2.10. The normalized spacial score (nSPS) is 10.9. The van der Waals surface area contributed by atoms with Gasteiger partial charge in [-0.25, -0.2) is 0 Å². The molecule has 1 heterocycles. The van der Waals surface area contributed by atoms with Crippen molar-refractivity contribution in [2.24, 2.45) is 5.73 Å². The first-order valence-electron chi connectivity index (χ1n) is 5.03. The van der Waals surface area contributed by atoms with Gasteiger partial charge in [0.1, 0.15) is 0 Å². The predicted octanol–water partition coefficient (Wildman–Crippen LogP) is 1.17. The topological polar surface area (TPSA) is 42.2 Å². The number of aromatic nitrogens is 1. The molecule has 0 saturated carbocycles. The van der Waals surface area contributed by atoms with Gasteiger partial charge in [-0.1, -0.05) is 6.07 Å². The van der Waals surface area contributed by atoms with Crippen LogP contribution in [0.1, 0.15) is 17.7 Å². The maximum Gasteiger partial charge on any atom is 0.0572 e. The largest absolute Gasteiger partial charge is 0.330 e. The minimum Gasteiger partial charge on any atom is -0.330 e. The number of nitrogens with two attached hydrogens (primary N) is 1. The lowest BCUT2D eigenvalue weighted by Crippen LogP contribution is -2.22. The molecule has 0 aliphatic heterocycles. The summed E-state index contributed by atoms with van der Waals surface area (Å²) in [5, 5.41) is 0. The number of nitrogens with zero attached hydrogens (tertiary/aromatic N) is 2. The average Bonchev–Trinajstić information content (AvgIpc) is 2.18. The number of pyridine rings is 1. The molecule has 0 unspecified atom stereocenters. The van der Waals surface area contributed by atoms with E-state index in [1.165, 1.54) is 5.56 Å². The molecule has 1 rings (SSSR count). The zero-order valence-corrected chi connectivity index (χ0v) is 9.03. The number of hydrogen-bond acceptors (Lipinski definition) is 3. The van der Waals surface area contributed by atoms with Gasteiger partial charge in [0.25, 0.3) is 0 Å². The zero-order chi connectivity index (χ0) is 10.4. The van der Waals surface area contributed by atoms with Gasteiger partial charge in [-0.15, -0.1) is 0 Å². The van der Waals surface area contributed by atoms with Crippen LogP contribution >= 0.6 is 0 Å². The smallest absolute Gasteiger partial charge is 0.0572 e. The van der Waals surface area contributed by atoms with Crippen LogP contribution in [0.3, 0.4) is 0 Å². The molecule has 3 heteroatoms. The van der Waals surface area contributed by atoms with Gasteiger partial charge in [0.15, 0.2) is 0 Å². The Morgan fingerprint density at radius 2 is 2.29 bits per heavy atom. The van der Waals surface area contributed by atoms with Crippen molar-refractivity contribution in [3.63, 3.8) is 0 Å². The maximum atomic E-state index is 5.46. The second kappa shape index (κ2) is 5.73. The Morgan fingerprint density at radius 3 is 2.93 bits per heavy atom. The van der Waals surface area contributed by atoms with Crippen molar-refractivity contribution < 1.29 is 0 Å². The lowest BCUT2D eigenvalue weighted by Gasteiger charge is -2.16. The van der Waals surface area contributed by atoms with Crippen molar-refractivity contribution in [2.45, 2.75) is 19.9 Å². The van der Waals surface area contributed by atoms with E-state index in [4.69, 9.17) is 5.73 Å². The van der Waals surface area contributed by atoms with Crippen molar-refractivity contribution in [3.05, 3.63) is 29.6 Å². The Labute approximate surface area is 85.9 Å². The third kappa shape index (κ3) is 3.44. The van der Waals surface area contributed by atoms with Crippen molar-refractivity contribution in [2.75, 3.05) is 20.1 Å². The van der Waals surface area contributed by atoms with E-state index >= 15 is 0 Å². The molecule has 1 aromatic rings. The summed E-state index contributed by atoms with van der Waals surface area (Å²) in [6.45, 7) is 4.80. The molecule has 2 N–H and O–H groups in total. The summed E-state index contributed by atoms with van der Waals surface area (Å²) in [6, 6.07) is 4.07. The summed E-state index contributed by atoms with van der Waals surface area (Å²) in [5.74, 6) is 0. The molecule has 14 heavy (non-hydrogen) atoms. The highest BCUT2D eigenvalue weighted by Crippen LogP contribution is 2.05. The second-order valence-corrected chi connectivity index (χ2v) is 3.65. The molecule has 0 spiro atoms. The molecule has 1 aromatic heterocycles. The third-order valence-corrected chi connectivity index (χ3v) is 2.28. The molecule has 0 bridgehead atoms. The highest BCUT2D eigenvalue weighted by molar-refractivity contribution is 5.17. The predicted molar refractivity (Wildman–Crippen MR) is 59.0 cm³/mol. The lowest BCUT2D eigenvalue weighted by molar-refractivity contribution is 0.319. The van der Waals surface area contributed by atoms with Gasteiger partial charge in [0.2, 0.25) is 0 Å². The first-order chi connectivity index (χ1) is 6.74. The van der Waals surface area contributed by atoms with Gasteiger partial charge in [-0.05, 0) is 45.1 Å². The van der Waals surface area contributed by atoms with E-state index in [9.17, 15) is 0 Å². The van der Waals surface area contributed by atoms with E-state index in [1.54, 1.807) is 0 Å². The van der Waals surface area contributed by atoms with Crippen LogP contribution in [0.2, 0.25) is 0 Å². The first-order valence-corrected chi connectivity index (χ1v) is 5.03. The SMILES string of the molecule is Cc1cccnc1CN(C)CCCN. The van der Waals surface area contributed by atoms with E-state index in [-0.39, 0.29) is 0 Å². The molecule has 0 radical (unpaired) electrons. The second-order valence-electron chi connectivity index (χ2n) is 3.65. The molecule has 0 amide bonds. The van der Waals surface area contributed by atoms with Crippen molar-refractivity contribution in [1.82, 2.24) is 9.88 Å². The van der Waals surface area contributed by atoms with Crippen molar-refractivity contribution >= 4 is 0 Å². The van der Waals surface area contributed by atoms with E-state index in [2.05, 4.69) is 29.9 Å². The van der Waals surface area contributed by atoms with Crippen LogP contribution in [-0.2, 0) is 6.54 Å². The molecule has 3 nitrogen and oxygen atoms in total. The quantitative estimate of drug-likeness (QED) is 0.763. The molecule has 0 fully saturated rings. The summed E-state index contributed by atoms with van der Waals surface area (Å²) in [6.07, 6.45) is 2.89. The van der Waals surface area contributed by atoms with Gasteiger partial charge in [-0.2, -0.15) is 0 Å². The van der Waals surface area contributed by atoms with Crippen LogP contribution in [-0.4, -0.2) is 30.0 Å². The summed E-state index contributed by atoms with van der Waals surface area (Å²) in [4.78, 5) is 6.61. The molecular formula is C11H19N3. The summed E-state index contributed by atoms with van der Waals surface area (Å²) in [5.41, 5.74) is 7.87. The van der Waals surface area contributed by atoms with Crippen molar-refractivity contribution in [3.8, 4) is 0 Å². The highest BCUT2D eigenvalue weighted by atomic mass is 15.1. The molecule has 0 atom stereocenters. The zero-order valence-electron chi connectivity index (χ0n) is 9.03. The number of aryl methyl sites for hydroxylation is 1. The minimum absolute atomic E-state index is 0.755. The van der Waals surface area contributed by atoms with E-state index in [0.29, 0.717) is 0 Å². The molecule has 0 saturated heterocycles. The van der Waals surface area contributed by atoms with Gasteiger partial charge >= 0.3 is 0 Å². The average molecular weight is 193 g/mol. The van der Waals surface area contributed by atoms with Gasteiger partial charge in [0, 0.05) is 12.7 Å². The fraction of sp³-hybridized carbons (Fsp3) is 0.545. The maximum absolute atomic E-state index is 5.46. The van der Waals surface area contributed by atoms with Crippen LogP contribution in [0.4, 0.5) is 0 Å². The highest BCUT2D eigenvalue weighted by Gasteiger charge is 2.02. The van der Waals surface area contributed by atoms with E-state index in [0.717, 1.165) is 31.7 Å². The third-order valence-electron chi connectivity index (χ3n) is 2.28. The van der Waals surface area contributed by atoms with E-state index in [1.807, 2.05) is 12.3 Å². The Morgan fingerprint density at radius 1 is 1.50 bits per heavy atom. The monoisotopic (exact) mass is 193 g/mol. The number of hydrogen-bond donors (Lipinski definition) is 1. The Hall–Kier alpha value is -0.930. The Kier molecular flexibility index (Phi) is 4.56. The van der Waals surface area contributed by atoms with Gasteiger partial charge < -0.3 is 10.6 Å². The molecule has 0 aromatic carbocycles. The summed E-state index contributed by atoms with van der Waals surface area (Å²) >= 11 is 0. The fourth-order valence-electron chi connectivity index (χ4n) is 1.38. The Balaban J connectivity index is 2.47. The first kappa shape index (κ1) is 11.1. The fourth-order valence-corrected chi connectivity index (χ4v) is 1.38. The molecule has 0 aliphatic carbocycles.